The Morgan fingerprint density at radius 1 is 1.07 bits per heavy atom. The van der Waals surface area contributed by atoms with E-state index < -0.39 is 29.4 Å². The summed E-state index contributed by atoms with van der Waals surface area (Å²) in [6.07, 6.45) is -3.18. The van der Waals surface area contributed by atoms with E-state index in [4.69, 9.17) is 21.1 Å². The van der Waals surface area contributed by atoms with Crippen LogP contribution >= 0.6 is 11.6 Å². The first-order valence-corrected chi connectivity index (χ1v) is 8.08. The summed E-state index contributed by atoms with van der Waals surface area (Å²) in [6, 6.07) is 6.22. The van der Waals surface area contributed by atoms with E-state index in [2.05, 4.69) is 14.5 Å². The van der Waals surface area contributed by atoms with Crippen LogP contribution in [0.15, 0.2) is 48.4 Å². The number of carbonyl (C=O) groups is 2. The summed E-state index contributed by atoms with van der Waals surface area (Å²) in [4.78, 5) is 26.5. The smallest absolute Gasteiger partial charge is 0.417 e. The molecule has 0 N–H and O–H groups in total. The van der Waals surface area contributed by atoms with E-state index in [1.54, 1.807) is 0 Å². The van der Waals surface area contributed by atoms with E-state index in [1.165, 1.54) is 24.3 Å². The minimum absolute atomic E-state index is 0.143. The van der Waals surface area contributed by atoms with Crippen molar-refractivity contribution < 1.29 is 41.7 Å². The van der Waals surface area contributed by atoms with Crippen LogP contribution in [0, 0.1) is 0 Å². The number of hydrogen-bond donors (Lipinski definition) is 0. The molecule has 0 radical (unpaired) electrons. The van der Waals surface area contributed by atoms with E-state index in [0.29, 0.717) is 12.3 Å². The molecule has 1 aromatic carbocycles. The van der Waals surface area contributed by atoms with Crippen LogP contribution in [-0.2, 0) is 25.2 Å². The lowest BCUT2D eigenvalue weighted by Gasteiger charge is -2.11. The highest BCUT2D eigenvalue weighted by Gasteiger charge is 2.31. The van der Waals surface area contributed by atoms with E-state index >= 15 is 0 Å². The SMILES string of the molecule is COC(=O)/C=C(\Oc1ccc(Oc2ncc(C(F)(F)F)cc2Cl)cc1)C(=O)OC. The van der Waals surface area contributed by atoms with Gasteiger partial charge in [-0.05, 0) is 30.3 Å². The topological polar surface area (TPSA) is 84.0 Å². The van der Waals surface area contributed by atoms with Gasteiger partial charge < -0.3 is 18.9 Å². The van der Waals surface area contributed by atoms with Crippen molar-refractivity contribution in [2.75, 3.05) is 14.2 Å². The molecular formula is C18H13ClF3NO6. The zero-order valence-corrected chi connectivity index (χ0v) is 15.7. The van der Waals surface area contributed by atoms with Crippen LogP contribution in [0.2, 0.25) is 5.02 Å². The summed E-state index contributed by atoms with van der Waals surface area (Å²) < 4.78 is 57.5. The van der Waals surface area contributed by atoms with Gasteiger partial charge in [0.15, 0.2) is 0 Å². The number of ether oxygens (including phenoxy) is 4. The third-order valence-corrected chi connectivity index (χ3v) is 3.51. The maximum Gasteiger partial charge on any atom is 0.417 e. The number of hydrogen-bond acceptors (Lipinski definition) is 7. The van der Waals surface area contributed by atoms with Gasteiger partial charge in [0.25, 0.3) is 0 Å². The lowest BCUT2D eigenvalue weighted by atomic mass is 10.3. The van der Waals surface area contributed by atoms with Gasteiger partial charge in [-0.25, -0.2) is 14.6 Å². The van der Waals surface area contributed by atoms with E-state index in [9.17, 15) is 22.8 Å². The first-order chi connectivity index (χ1) is 13.6. The lowest BCUT2D eigenvalue weighted by molar-refractivity contribution is -0.140. The number of aromatic nitrogens is 1. The Balaban J connectivity index is 2.15. The van der Waals surface area contributed by atoms with Gasteiger partial charge in [-0.1, -0.05) is 11.6 Å². The molecule has 0 fully saturated rings. The fourth-order valence-electron chi connectivity index (χ4n) is 1.87. The molecule has 154 valence electrons. The van der Waals surface area contributed by atoms with Crippen LogP contribution < -0.4 is 9.47 Å². The summed E-state index contributed by atoms with van der Waals surface area (Å²) in [5, 5.41) is -0.325. The Hall–Kier alpha value is -3.27. The zero-order chi connectivity index (χ0) is 21.6. The van der Waals surface area contributed by atoms with Crippen LogP contribution in [0.1, 0.15) is 5.56 Å². The second-order valence-electron chi connectivity index (χ2n) is 5.21. The van der Waals surface area contributed by atoms with E-state index in [1.807, 2.05) is 0 Å². The fraction of sp³-hybridized carbons (Fsp3) is 0.167. The summed E-state index contributed by atoms with van der Waals surface area (Å²) in [5.74, 6) is -2.05. The molecule has 0 atom stereocenters. The lowest BCUT2D eigenvalue weighted by Crippen LogP contribution is -2.13. The normalized spacial score (nSPS) is 11.6. The first kappa shape index (κ1) is 22.0. The van der Waals surface area contributed by atoms with Crippen LogP contribution in [0.5, 0.6) is 17.4 Å². The summed E-state index contributed by atoms with van der Waals surface area (Å²) in [5.41, 5.74) is -1.01. The number of halogens is 4. The van der Waals surface area contributed by atoms with Gasteiger partial charge in [0, 0.05) is 6.20 Å². The van der Waals surface area contributed by atoms with Crippen molar-refractivity contribution in [2.24, 2.45) is 0 Å². The Labute approximate surface area is 167 Å². The maximum atomic E-state index is 12.6. The van der Waals surface area contributed by atoms with Gasteiger partial charge in [0.05, 0.1) is 25.9 Å². The standard InChI is InChI=1S/C18H13ClF3NO6/c1-26-15(24)8-14(17(25)27-2)28-11-3-5-12(6-4-11)29-16-13(19)7-10(9-23-16)18(20,21)22/h3-9H,1-2H3/b14-8-. The number of nitrogens with zero attached hydrogens (tertiary/aromatic N) is 1. The Morgan fingerprint density at radius 3 is 2.21 bits per heavy atom. The van der Waals surface area contributed by atoms with Crippen molar-refractivity contribution in [1.29, 1.82) is 0 Å². The van der Waals surface area contributed by atoms with Gasteiger partial charge in [-0.3, -0.25) is 0 Å². The van der Waals surface area contributed by atoms with Crippen molar-refractivity contribution in [2.45, 2.75) is 6.18 Å². The highest BCUT2D eigenvalue weighted by Crippen LogP contribution is 2.34. The third kappa shape index (κ3) is 6.11. The molecule has 1 aromatic heterocycles. The van der Waals surface area contributed by atoms with Gasteiger partial charge in [0.1, 0.15) is 16.5 Å². The molecule has 7 nitrogen and oxygen atoms in total. The van der Waals surface area contributed by atoms with Crippen molar-refractivity contribution in [1.82, 2.24) is 4.98 Å². The summed E-state index contributed by atoms with van der Waals surface area (Å²) >= 11 is 5.78. The van der Waals surface area contributed by atoms with Gasteiger partial charge in [-0.2, -0.15) is 13.2 Å². The highest BCUT2D eigenvalue weighted by molar-refractivity contribution is 6.31. The van der Waals surface area contributed by atoms with Gasteiger partial charge in [-0.15, -0.1) is 0 Å². The number of pyridine rings is 1. The van der Waals surface area contributed by atoms with E-state index in [-0.39, 0.29) is 22.4 Å². The quantitative estimate of drug-likeness (QED) is 0.386. The van der Waals surface area contributed by atoms with Crippen LogP contribution in [0.4, 0.5) is 13.2 Å². The van der Waals surface area contributed by atoms with Crippen molar-refractivity contribution in [3.8, 4) is 17.4 Å². The first-order valence-electron chi connectivity index (χ1n) is 7.70. The predicted molar refractivity (Wildman–Crippen MR) is 93.5 cm³/mol. The van der Waals surface area contributed by atoms with Gasteiger partial charge in [0.2, 0.25) is 11.6 Å². The molecule has 29 heavy (non-hydrogen) atoms. The molecule has 0 bridgehead atoms. The minimum atomic E-state index is -4.58. The van der Waals surface area contributed by atoms with Crippen LogP contribution in [0.25, 0.3) is 0 Å². The highest BCUT2D eigenvalue weighted by atomic mass is 35.5. The second-order valence-corrected chi connectivity index (χ2v) is 5.61. The molecule has 0 aliphatic rings. The fourth-order valence-corrected chi connectivity index (χ4v) is 2.07. The average Bonchev–Trinajstić information content (AvgIpc) is 2.68. The van der Waals surface area contributed by atoms with Gasteiger partial charge >= 0.3 is 18.1 Å². The molecule has 1 heterocycles. The molecule has 2 aromatic rings. The molecule has 0 aliphatic carbocycles. The maximum absolute atomic E-state index is 12.6. The Bertz CT molecular complexity index is 928. The predicted octanol–water partition coefficient (Wildman–Crippen LogP) is 4.15. The number of alkyl halides is 3. The van der Waals surface area contributed by atoms with E-state index in [0.717, 1.165) is 20.3 Å². The monoisotopic (exact) mass is 431 g/mol. The third-order valence-electron chi connectivity index (χ3n) is 3.24. The molecule has 0 saturated heterocycles. The molecule has 0 aliphatic heterocycles. The number of rotatable bonds is 6. The minimum Gasteiger partial charge on any atom is -0.466 e. The molecule has 0 saturated carbocycles. The summed E-state index contributed by atoms with van der Waals surface area (Å²) in [6.45, 7) is 0. The number of benzene rings is 1. The summed E-state index contributed by atoms with van der Waals surface area (Å²) in [7, 11) is 2.23. The number of esters is 2. The molecule has 11 heteroatoms. The van der Waals surface area contributed by atoms with Crippen molar-refractivity contribution >= 4 is 23.5 Å². The average molecular weight is 432 g/mol. The zero-order valence-electron chi connectivity index (χ0n) is 15.0. The number of carbonyl (C=O) groups excluding carboxylic acids is 2. The van der Waals surface area contributed by atoms with Crippen LogP contribution in [0.3, 0.4) is 0 Å². The molecule has 0 unspecified atom stereocenters. The molecule has 2 rings (SSSR count). The molecule has 0 spiro atoms. The van der Waals surface area contributed by atoms with Crippen LogP contribution in [-0.4, -0.2) is 31.1 Å². The largest absolute Gasteiger partial charge is 0.466 e. The number of methoxy groups -OCH3 is 2. The molecule has 0 amide bonds. The Morgan fingerprint density at radius 2 is 1.69 bits per heavy atom. The Kier molecular flexibility index (Phi) is 7.05. The second kappa shape index (κ2) is 9.28. The molecular weight excluding hydrogens is 419 g/mol. The van der Waals surface area contributed by atoms with Crippen molar-refractivity contribution in [3.05, 3.63) is 58.9 Å². The van der Waals surface area contributed by atoms with Crippen molar-refractivity contribution in [3.63, 3.8) is 0 Å².